The van der Waals surface area contributed by atoms with Gasteiger partial charge in [-0.05, 0) is 169 Å². The number of hydrogen-bond donors (Lipinski definition) is 2. The number of rotatable bonds is 4. The van der Waals surface area contributed by atoms with Crippen LogP contribution in [0.2, 0.25) is 0 Å². The van der Waals surface area contributed by atoms with E-state index in [4.69, 9.17) is 34.8 Å². The molecule has 15 nitrogen and oxygen atoms in total. The summed E-state index contributed by atoms with van der Waals surface area (Å²) in [5.41, 5.74) is 14.1. The maximum Gasteiger partial charge on any atom is 0.437 e. The standard InChI is InChI=1S/C42H58N6O9/c1-23-19-27(47(37(51)56-41(11,12)13)33(43)45-35(49)54-39(5,6)7)20-24(2)31(23)29-17-18-30(53-29)32-25(3)21-28(22-26(32)4)48(38(52)57-42(14,15)16)34(44)46-36(50)55-40(8,9)10/h17-22H,1-16H3,(H2,43,45,49)(H2,44,46,50). The van der Waals surface area contributed by atoms with Gasteiger partial charge >= 0.3 is 24.4 Å². The number of benzene rings is 2. The molecule has 0 saturated heterocycles. The fourth-order valence-electron chi connectivity index (χ4n) is 5.66. The van der Waals surface area contributed by atoms with Crippen LogP contribution in [0.5, 0.6) is 0 Å². The Balaban J connectivity index is 2.09. The molecule has 3 aromatic rings. The molecule has 0 atom stereocenters. The Morgan fingerprint density at radius 2 is 0.772 bits per heavy atom. The van der Waals surface area contributed by atoms with Gasteiger partial charge in [0.05, 0.1) is 11.4 Å². The van der Waals surface area contributed by atoms with Crippen molar-refractivity contribution in [3.8, 4) is 22.6 Å². The van der Waals surface area contributed by atoms with Crippen molar-refractivity contribution in [1.82, 2.24) is 0 Å². The number of ether oxygens (including phenoxy) is 4. The second-order valence-corrected chi connectivity index (χ2v) is 17.6. The minimum absolute atomic E-state index is 0.311. The maximum absolute atomic E-state index is 13.5. The summed E-state index contributed by atoms with van der Waals surface area (Å²) < 4.78 is 28.3. The van der Waals surface area contributed by atoms with Crippen LogP contribution in [0.1, 0.15) is 105 Å². The number of nitrogens with two attached hydrogens (primary N) is 2. The van der Waals surface area contributed by atoms with Crippen molar-refractivity contribution in [2.45, 2.75) is 133 Å². The summed E-state index contributed by atoms with van der Waals surface area (Å²) in [6.45, 7) is 27.8. The van der Waals surface area contributed by atoms with E-state index in [-0.39, 0.29) is 0 Å². The number of aliphatic imine (C=N–C) groups is 2. The SMILES string of the molecule is Cc1cc(N(C(=O)OC(C)(C)C)C(N)=NC(=O)OC(C)(C)C)cc(C)c1-c1ccc(-c2c(C)cc(N(C(=O)OC(C)(C)C)C(N)=NC(=O)OC(C)(C)C)cc2C)o1. The molecule has 4 amide bonds. The van der Waals surface area contributed by atoms with Gasteiger partial charge in [0.25, 0.3) is 0 Å². The van der Waals surface area contributed by atoms with E-state index in [1.54, 1.807) is 107 Å². The molecule has 0 spiro atoms. The van der Waals surface area contributed by atoms with E-state index in [1.807, 2.05) is 39.8 Å². The number of carbonyl (C=O) groups is 4. The normalized spacial score (nSPS) is 12.8. The third-order valence-corrected chi connectivity index (χ3v) is 7.46. The third-order valence-electron chi connectivity index (χ3n) is 7.46. The lowest BCUT2D eigenvalue weighted by atomic mass is 9.99. The highest BCUT2D eigenvalue weighted by atomic mass is 16.6. The molecule has 4 N–H and O–H groups in total. The van der Waals surface area contributed by atoms with Crippen LogP contribution < -0.4 is 21.3 Å². The van der Waals surface area contributed by atoms with Gasteiger partial charge in [0.15, 0.2) is 0 Å². The summed E-state index contributed by atoms with van der Waals surface area (Å²) in [7, 11) is 0. The van der Waals surface area contributed by atoms with Gasteiger partial charge in [0, 0.05) is 11.1 Å². The first kappa shape index (κ1) is 45.5. The average molecular weight is 791 g/mol. The Morgan fingerprint density at radius 1 is 0.509 bits per heavy atom. The quantitative estimate of drug-likeness (QED) is 0.145. The molecule has 0 aliphatic carbocycles. The molecule has 1 heterocycles. The number of carbonyl (C=O) groups excluding carboxylic acids is 4. The van der Waals surface area contributed by atoms with Crippen molar-refractivity contribution in [2.24, 2.45) is 21.5 Å². The van der Waals surface area contributed by atoms with Crippen LogP contribution in [0.25, 0.3) is 22.6 Å². The van der Waals surface area contributed by atoms with Gasteiger partial charge in [-0.3, -0.25) is 0 Å². The van der Waals surface area contributed by atoms with Crippen molar-refractivity contribution in [3.63, 3.8) is 0 Å². The number of guanidine groups is 2. The van der Waals surface area contributed by atoms with Gasteiger partial charge in [-0.1, -0.05) is 0 Å². The summed E-state index contributed by atoms with van der Waals surface area (Å²) in [5.74, 6) is 0.223. The lowest BCUT2D eigenvalue weighted by Gasteiger charge is -2.27. The molecule has 2 aromatic carbocycles. The van der Waals surface area contributed by atoms with E-state index in [9.17, 15) is 19.2 Å². The smallest absolute Gasteiger partial charge is 0.437 e. The van der Waals surface area contributed by atoms with Crippen molar-refractivity contribution in [2.75, 3.05) is 9.80 Å². The Labute approximate surface area is 335 Å². The molecule has 0 fully saturated rings. The number of aryl methyl sites for hydroxylation is 4. The Morgan fingerprint density at radius 3 is 1.02 bits per heavy atom. The average Bonchev–Trinajstić information content (AvgIpc) is 3.41. The molecule has 310 valence electrons. The molecule has 3 rings (SSSR count). The first-order valence-electron chi connectivity index (χ1n) is 18.4. The highest BCUT2D eigenvalue weighted by molar-refractivity contribution is 6.16. The van der Waals surface area contributed by atoms with E-state index in [0.29, 0.717) is 22.9 Å². The fourth-order valence-corrected chi connectivity index (χ4v) is 5.66. The molecule has 0 radical (unpaired) electrons. The van der Waals surface area contributed by atoms with Gasteiger partial charge in [0.2, 0.25) is 11.9 Å². The molecule has 1 aromatic heterocycles. The molecule has 0 bridgehead atoms. The Hall–Kier alpha value is -5.86. The molecule has 0 saturated carbocycles. The van der Waals surface area contributed by atoms with Crippen molar-refractivity contribution in [1.29, 1.82) is 0 Å². The molecular formula is C42H58N6O9. The van der Waals surface area contributed by atoms with Crippen molar-refractivity contribution < 1.29 is 42.5 Å². The lowest BCUT2D eigenvalue weighted by molar-refractivity contribution is 0.0577. The van der Waals surface area contributed by atoms with Gasteiger partial charge in [0.1, 0.15) is 33.9 Å². The minimum Gasteiger partial charge on any atom is -0.456 e. The first-order valence-corrected chi connectivity index (χ1v) is 18.4. The molecule has 0 unspecified atom stereocenters. The predicted molar refractivity (Wildman–Crippen MR) is 222 cm³/mol. The van der Waals surface area contributed by atoms with E-state index < -0.39 is 58.7 Å². The molecular weight excluding hydrogens is 732 g/mol. The molecule has 0 aliphatic rings. The van der Waals surface area contributed by atoms with Crippen LogP contribution in [0, 0.1) is 27.7 Å². The zero-order valence-electron chi connectivity index (χ0n) is 36.1. The van der Waals surface area contributed by atoms with Crippen LogP contribution in [0.3, 0.4) is 0 Å². The second kappa shape index (κ2) is 16.7. The number of hydrogen-bond acceptors (Lipinski definition) is 9. The predicted octanol–water partition coefficient (Wildman–Crippen LogP) is 9.83. The van der Waals surface area contributed by atoms with E-state index >= 15 is 0 Å². The van der Waals surface area contributed by atoms with Crippen LogP contribution in [-0.2, 0) is 18.9 Å². The van der Waals surface area contributed by atoms with Gasteiger partial charge in [-0.2, -0.15) is 0 Å². The van der Waals surface area contributed by atoms with Gasteiger partial charge in [-0.15, -0.1) is 9.98 Å². The van der Waals surface area contributed by atoms with E-state index in [2.05, 4.69) is 9.98 Å². The van der Waals surface area contributed by atoms with Gasteiger partial charge < -0.3 is 34.8 Å². The highest BCUT2D eigenvalue weighted by Gasteiger charge is 2.31. The maximum atomic E-state index is 13.5. The largest absolute Gasteiger partial charge is 0.456 e. The van der Waals surface area contributed by atoms with E-state index in [0.717, 1.165) is 43.2 Å². The van der Waals surface area contributed by atoms with E-state index in [1.165, 1.54) is 0 Å². The first-order chi connectivity index (χ1) is 25.9. The van der Waals surface area contributed by atoms with Crippen LogP contribution in [-0.4, -0.2) is 58.7 Å². The van der Waals surface area contributed by atoms with Crippen molar-refractivity contribution >= 4 is 47.7 Å². The number of anilines is 2. The van der Waals surface area contributed by atoms with Crippen LogP contribution >= 0.6 is 0 Å². The number of furan rings is 1. The fraction of sp³-hybridized carbons (Fsp3) is 0.476. The topological polar surface area (TPSA) is 202 Å². The molecule has 57 heavy (non-hydrogen) atoms. The summed E-state index contributed by atoms with van der Waals surface area (Å²) in [6.07, 6.45) is -3.60. The summed E-state index contributed by atoms with van der Waals surface area (Å²) in [6, 6.07) is 10.5. The third kappa shape index (κ3) is 12.8. The monoisotopic (exact) mass is 790 g/mol. The Kier molecular flexibility index (Phi) is 13.3. The van der Waals surface area contributed by atoms with Crippen LogP contribution in [0.4, 0.5) is 30.6 Å². The second-order valence-electron chi connectivity index (χ2n) is 17.6. The lowest BCUT2D eigenvalue weighted by Crippen LogP contribution is -2.45. The summed E-state index contributed by atoms with van der Waals surface area (Å²) >= 11 is 0. The zero-order chi connectivity index (χ0) is 43.6. The number of nitrogens with zero attached hydrogens (tertiary/aromatic N) is 4. The zero-order valence-corrected chi connectivity index (χ0v) is 36.1. The minimum atomic E-state index is -0.963. The molecule has 15 heteroatoms. The Bertz CT molecular complexity index is 1890. The molecule has 0 aliphatic heterocycles. The summed E-state index contributed by atoms with van der Waals surface area (Å²) in [5, 5.41) is 0. The summed E-state index contributed by atoms with van der Waals surface area (Å²) in [4.78, 5) is 61.8. The highest BCUT2D eigenvalue weighted by Crippen LogP contribution is 2.38. The van der Waals surface area contributed by atoms with Gasteiger partial charge in [-0.25, -0.2) is 29.0 Å². The van der Waals surface area contributed by atoms with Crippen molar-refractivity contribution in [3.05, 3.63) is 58.7 Å². The number of amides is 4. The van der Waals surface area contributed by atoms with Crippen LogP contribution in [0.15, 0.2) is 50.8 Å².